The van der Waals surface area contributed by atoms with Crippen molar-refractivity contribution in [2.45, 2.75) is 19.4 Å². The molecule has 2 aromatic carbocycles. The molecule has 22 heavy (non-hydrogen) atoms. The summed E-state index contributed by atoms with van der Waals surface area (Å²) in [6.45, 7) is 3.39. The van der Waals surface area contributed by atoms with Gasteiger partial charge in [-0.2, -0.15) is 0 Å². The first-order chi connectivity index (χ1) is 10.5. The van der Waals surface area contributed by atoms with E-state index in [1.807, 2.05) is 55.5 Å². The fourth-order valence-electron chi connectivity index (χ4n) is 3.27. The molecule has 3 rings (SSSR count). The summed E-state index contributed by atoms with van der Waals surface area (Å²) in [4.78, 5) is 26.6. The number of benzene rings is 2. The first-order valence-electron chi connectivity index (χ1n) is 7.21. The van der Waals surface area contributed by atoms with Crippen LogP contribution < -0.4 is 10.2 Å². The van der Waals surface area contributed by atoms with Crippen LogP contribution in [0.5, 0.6) is 0 Å². The van der Waals surface area contributed by atoms with Crippen molar-refractivity contribution < 1.29 is 9.59 Å². The number of hydrogen-bond donors (Lipinski definition) is 1. The van der Waals surface area contributed by atoms with Crippen LogP contribution in [0.25, 0.3) is 0 Å². The molecule has 4 nitrogen and oxygen atoms in total. The molecule has 0 bridgehead atoms. The maximum atomic E-state index is 13.1. The summed E-state index contributed by atoms with van der Waals surface area (Å²) < 4.78 is 0. The summed E-state index contributed by atoms with van der Waals surface area (Å²) >= 11 is 0. The van der Waals surface area contributed by atoms with Gasteiger partial charge in [0.2, 0.25) is 5.91 Å². The van der Waals surface area contributed by atoms with Crippen molar-refractivity contribution in [2.24, 2.45) is 0 Å². The van der Waals surface area contributed by atoms with Crippen LogP contribution in [0.1, 0.15) is 23.6 Å². The van der Waals surface area contributed by atoms with Crippen LogP contribution in [0.2, 0.25) is 0 Å². The van der Waals surface area contributed by atoms with E-state index in [9.17, 15) is 9.59 Å². The van der Waals surface area contributed by atoms with E-state index in [1.165, 1.54) is 6.92 Å². The van der Waals surface area contributed by atoms with Gasteiger partial charge in [0.15, 0.2) is 5.54 Å². The molecule has 0 saturated heterocycles. The number of rotatable bonds is 2. The van der Waals surface area contributed by atoms with Gasteiger partial charge in [0.1, 0.15) is 0 Å². The van der Waals surface area contributed by atoms with Crippen molar-refractivity contribution in [1.29, 1.82) is 0 Å². The summed E-state index contributed by atoms with van der Waals surface area (Å²) in [7, 11) is 1.74. The topological polar surface area (TPSA) is 49.4 Å². The minimum atomic E-state index is -1.15. The Labute approximate surface area is 129 Å². The molecule has 0 spiro atoms. The number of anilines is 1. The van der Waals surface area contributed by atoms with Crippen molar-refractivity contribution >= 4 is 17.5 Å². The van der Waals surface area contributed by atoms with E-state index in [0.717, 1.165) is 22.4 Å². The molecule has 0 saturated carbocycles. The third kappa shape index (κ3) is 1.84. The molecule has 1 atom stereocenters. The lowest BCUT2D eigenvalue weighted by molar-refractivity contribution is -0.128. The first-order valence-corrected chi connectivity index (χ1v) is 7.21. The summed E-state index contributed by atoms with van der Waals surface area (Å²) in [6, 6.07) is 15.3. The molecular weight excluding hydrogens is 276 g/mol. The molecule has 112 valence electrons. The highest BCUT2D eigenvalue weighted by molar-refractivity contribution is 6.11. The SMILES string of the molecule is CC(=O)NC1(c2ccccc2C)C(=O)N(C)c2ccccc21. The molecule has 0 aromatic heterocycles. The maximum Gasteiger partial charge on any atom is 0.261 e. The second-order valence-corrected chi connectivity index (χ2v) is 5.63. The molecular formula is C18H18N2O2. The van der Waals surface area contributed by atoms with E-state index in [2.05, 4.69) is 5.32 Å². The van der Waals surface area contributed by atoms with Gasteiger partial charge in [0, 0.05) is 25.2 Å². The zero-order chi connectivity index (χ0) is 15.9. The lowest BCUT2D eigenvalue weighted by Gasteiger charge is -2.31. The van der Waals surface area contributed by atoms with Crippen LogP contribution in [0.3, 0.4) is 0 Å². The zero-order valence-corrected chi connectivity index (χ0v) is 12.9. The van der Waals surface area contributed by atoms with Crippen molar-refractivity contribution in [1.82, 2.24) is 5.32 Å². The van der Waals surface area contributed by atoms with E-state index < -0.39 is 5.54 Å². The van der Waals surface area contributed by atoms with Gasteiger partial charge < -0.3 is 10.2 Å². The Bertz CT molecular complexity index is 769. The molecule has 1 aliphatic rings. The van der Waals surface area contributed by atoms with Crippen molar-refractivity contribution in [2.75, 3.05) is 11.9 Å². The van der Waals surface area contributed by atoms with Gasteiger partial charge in [-0.1, -0.05) is 42.5 Å². The molecule has 1 aliphatic heterocycles. The molecule has 2 amide bonds. The Balaban J connectivity index is 2.35. The second-order valence-electron chi connectivity index (χ2n) is 5.63. The first kappa shape index (κ1) is 14.3. The molecule has 4 heteroatoms. The number of carbonyl (C=O) groups is 2. The molecule has 0 fully saturated rings. The summed E-state index contributed by atoms with van der Waals surface area (Å²) in [5.41, 5.74) is 2.26. The number of nitrogens with zero attached hydrogens (tertiary/aromatic N) is 1. The average Bonchev–Trinajstić information content (AvgIpc) is 2.71. The van der Waals surface area contributed by atoms with Gasteiger partial charge in [-0.15, -0.1) is 0 Å². The maximum absolute atomic E-state index is 13.1. The molecule has 0 radical (unpaired) electrons. The van der Waals surface area contributed by atoms with Gasteiger partial charge in [-0.3, -0.25) is 9.59 Å². The highest BCUT2D eigenvalue weighted by Crippen LogP contribution is 2.44. The minimum absolute atomic E-state index is 0.141. The number of hydrogen-bond acceptors (Lipinski definition) is 2. The number of carbonyl (C=O) groups excluding carboxylic acids is 2. The molecule has 2 aromatic rings. The van der Waals surface area contributed by atoms with Gasteiger partial charge in [-0.25, -0.2) is 0 Å². The molecule has 1 heterocycles. The number of nitrogens with one attached hydrogen (secondary N) is 1. The van der Waals surface area contributed by atoms with Gasteiger partial charge >= 0.3 is 0 Å². The minimum Gasteiger partial charge on any atom is -0.335 e. The van der Waals surface area contributed by atoms with E-state index in [1.54, 1.807) is 11.9 Å². The Morgan fingerprint density at radius 2 is 1.64 bits per heavy atom. The monoisotopic (exact) mass is 294 g/mol. The molecule has 0 aliphatic carbocycles. The Morgan fingerprint density at radius 1 is 1.05 bits per heavy atom. The van der Waals surface area contributed by atoms with Crippen LogP contribution in [0.15, 0.2) is 48.5 Å². The number of para-hydroxylation sites is 1. The number of fused-ring (bicyclic) bond motifs is 1. The van der Waals surface area contributed by atoms with Crippen LogP contribution in [0, 0.1) is 6.92 Å². The largest absolute Gasteiger partial charge is 0.335 e. The van der Waals surface area contributed by atoms with E-state index in [-0.39, 0.29) is 11.8 Å². The number of likely N-dealkylation sites (N-methyl/N-ethyl adjacent to an activating group) is 1. The van der Waals surface area contributed by atoms with Crippen LogP contribution in [0.4, 0.5) is 5.69 Å². The van der Waals surface area contributed by atoms with Crippen LogP contribution in [-0.4, -0.2) is 18.9 Å². The average molecular weight is 294 g/mol. The lowest BCUT2D eigenvalue weighted by atomic mass is 9.81. The van der Waals surface area contributed by atoms with Crippen molar-refractivity contribution in [3.63, 3.8) is 0 Å². The standard InChI is InChI=1S/C18H18N2O2/c1-12-8-4-5-9-14(12)18(19-13(2)21)15-10-6-7-11-16(15)20(3)17(18)22/h4-11H,1-3H3,(H,19,21). The molecule has 1 N–H and O–H groups in total. The Morgan fingerprint density at radius 3 is 2.27 bits per heavy atom. The third-order valence-electron chi connectivity index (χ3n) is 4.21. The predicted molar refractivity (Wildman–Crippen MR) is 85.6 cm³/mol. The lowest BCUT2D eigenvalue weighted by Crippen LogP contribution is -2.53. The summed E-state index contributed by atoms with van der Waals surface area (Å²) in [5, 5.41) is 2.92. The van der Waals surface area contributed by atoms with Gasteiger partial charge in [-0.05, 0) is 24.1 Å². The quantitative estimate of drug-likeness (QED) is 0.924. The van der Waals surface area contributed by atoms with Crippen molar-refractivity contribution in [3.05, 3.63) is 65.2 Å². The normalized spacial score (nSPS) is 20.0. The summed E-state index contributed by atoms with van der Waals surface area (Å²) in [5.74, 6) is -0.375. The highest BCUT2D eigenvalue weighted by Gasteiger charge is 2.52. The zero-order valence-electron chi connectivity index (χ0n) is 12.9. The Kier molecular flexibility index (Phi) is 3.24. The fourth-order valence-corrected chi connectivity index (χ4v) is 3.27. The van der Waals surface area contributed by atoms with Gasteiger partial charge in [0.05, 0.1) is 0 Å². The van der Waals surface area contributed by atoms with E-state index in [0.29, 0.717) is 0 Å². The highest BCUT2D eigenvalue weighted by atomic mass is 16.2. The second kappa shape index (κ2) is 4.98. The van der Waals surface area contributed by atoms with Crippen LogP contribution in [-0.2, 0) is 15.1 Å². The van der Waals surface area contributed by atoms with Crippen molar-refractivity contribution in [3.8, 4) is 0 Å². The van der Waals surface area contributed by atoms with E-state index in [4.69, 9.17) is 0 Å². The van der Waals surface area contributed by atoms with E-state index >= 15 is 0 Å². The smallest absolute Gasteiger partial charge is 0.261 e. The van der Waals surface area contributed by atoms with Gasteiger partial charge in [0.25, 0.3) is 5.91 Å². The van der Waals surface area contributed by atoms with Crippen LogP contribution >= 0.6 is 0 Å². The fraction of sp³-hybridized carbons (Fsp3) is 0.222. The summed E-state index contributed by atoms with van der Waals surface area (Å²) in [6.07, 6.45) is 0. The number of aryl methyl sites for hydroxylation is 1. The third-order valence-corrected chi connectivity index (χ3v) is 4.21. The number of amides is 2. The Hall–Kier alpha value is -2.62. The molecule has 1 unspecified atom stereocenters. The predicted octanol–water partition coefficient (Wildman–Crippen LogP) is 2.35.